The van der Waals surface area contributed by atoms with Gasteiger partial charge in [-0.1, -0.05) is 11.6 Å². The first-order valence-electron chi connectivity index (χ1n) is 5.46. The minimum absolute atomic E-state index is 0.0139. The second-order valence-electron chi connectivity index (χ2n) is 4.05. The number of aliphatic hydroxyl groups is 1. The molecule has 1 aliphatic heterocycles. The molecule has 1 atom stereocenters. The highest BCUT2D eigenvalue weighted by Gasteiger charge is 2.21. The van der Waals surface area contributed by atoms with Crippen LogP contribution in [0.25, 0.3) is 0 Å². The van der Waals surface area contributed by atoms with Crippen LogP contribution in [-0.2, 0) is 11.3 Å². The Kier molecular flexibility index (Phi) is 3.69. The maximum atomic E-state index is 9.34. The van der Waals surface area contributed by atoms with Crippen LogP contribution in [-0.4, -0.2) is 30.9 Å². The fraction of sp³-hybridized carbons (Fsp3) is 0.500. The van der Waals surface area contributed by atoms with Crippen LogP contribution in [0, 0.1) is 0 Å². The predicted octanol–water partition coefficient (Wildman–Crippen LogP) is 2.06. The van der Waals surface area contributed by atoms with E-state index in [1.54, 1.807) is 0 Å². The van der Waals surface area contributed by atoms with E-state index in [4.69, 9.17) is 16.3 Å². The van der Waals surface area contributed by atoms with E-state index in [1.165, 1.54) is 0 Å². The van der Waals surface area contributed by atoms with E-state index in [0.29, 0.717) is 11.1 Å². The molecule has 1 fully saturated rings. The number of halogens is 1. The van der Waals surface area contributed by atoms with Crippen LogP contribution in [0.2, 0.25) is 5.02 Å². The second kappa shape index (κ2) is 5.04. The molecule has 0 spiro atoms. The molecule has 0 aliphatic carbocycles. The van der Waals surface area contributed by atoms with Crippen LogP contribution >= 0.6 is 11.6 Å². The molecular formula is C12H16ClNO2. The maximum absolute atomic E-state index is 9.34. The van der Waals surface area contributed by atoms with Crippen molar-refractivity contribution in [3.63, 3.8) is 0 Å². The summed E-state index contributed by atoms with van der Waals surface area (Å²) < 4.78 is 5.40. The monoisotopic (exact) mass is 241 g/mol. The highest BCUT2D eigenvalue weighted by atomic mass is 35.5. The largest absolute Gasteiger partial charge is 0.392 e. The lowest BCUT2D eigenvalue weighted by atomic mass is 10.1. The van der Waals surface area contributed by atoms with Crippen LogP contribution in [0.1, 0.15) is 12.5 Å². The summed E-state index contributed by atoms with van der Waals surface area (Å²) in [6.45, 7) is 4.45. The highest BCUT2D eigenvalue weighted by Crippen LogP contribution is 2.27. The van der Waals surface area contributed by atoms with Gasteiger partial charge in [-0.15, -0.1) is 0 Å². The smallest absolute Gasteiger partial charge is 0.0702 e. The van der Waals surface area contributed by atoms with Crippen molar-refractivity contribution in [2.24, 2.45) is 0 Å². The number of morpholine rings is 1. The Morgan fingerprint density at radius 2 is 2.38 bits per heavy atom. The van der Waals surface area contributed by atoms with Gasteiger partial charge in [0.2, 0.25) is 0 Å². The summed E-state index contributed by atoms with van der Waals surface area (Å²) in [7, 11) is 0. The van der Waals surface area contributed by atoms with Crippen LogP contribution < -0.4 is 4.90 Å². The summed E-state index contributed by atoms with van der Waals surface area (Å²) >= 11 is 5.92. The molecule has 1 heterocycles. The van der Waals surface area contributed by atoms with Crippen molar-refractivity contribution < 1.29 is 9.84 Å². The first-order chi connectivity index (χ1) is 7.72. The standard InChI is InChI=1S/C12H16ClNO2/c1-9-8-16-5-4-14(9)12-3-2-11(13)6-10(12)7-15/h2-3,6,9,15H,4-5,7-8H2,1H3. The third kappa shape index (κ3) is 2.32. The zero-order valence-electron chi connectivity index (χ0n) is 9.32. The number of hydrogen-bond donors (Lipinski definition) is 1. The van der Waals surface area contributed by atoms with Gasteiger partial charge in [-0.3, -0.25) is 0 Å². The zero-order chi connectivity index (χ0) is 11.5. The average molecular weight is 242 g/mol. The number of anilines is 1. The summed E-state index contributed by atoms with van der Waals surface area (Å²) in [5, 5.41) is 10.0. The fourth-order valence-corrected chi connectivity index (χ4v) is 2.24. The molecule has 1 N–H and O–H groups in total. The van der Waals surface area contributed by atoms with Gasteiger partial charge in [0.25, 0.3) is 0 Å². The molecule has 2 rings (SSSR count). The van der Waals surface area contributed by atoms with E-state index in [-0.39, 0.29) is 6.61 Å². The van der Waals surface area contributed by atoms with Crippen LogP contribution in [0.5, 0.6) is 0 Å². The maximum Gasteiger partial charge on any atom is 0.0702 e. The minimum Gasteiger partial charge on any atom is -0.392 e. The number of aliphatic hydroxyl groups excluding tert-OH is 1. The van der Waals surface area contributed by atoms with Crippen molar-refractivity contribution in [2.45, 2.75) is 19.6 Å². The number of ether oxygens (including phenoxy) is 1. The van der Waals surface area contributed by atoms with Crippen molar-refractivity contribution in [2.75, 3.05) is 24.7 Å². The number of benzene rings is 1. The van der Waals surface area contributed by atoms with E-state index >= 15 is 0 Å². The van der Waals surface area contributed by atoms with E-state index in [1.807, 2.05) is 18.2 Å². The summed E-state index contributed by atoms with van der Waals surface area (Å²) in [5.74, 6) is 0. The Balaban J connectivity index is 2.30. The third-order valence-electron chi connectivity index (χ3n) is 2.89. The quantitative estimate of drug-likeness (QED) is 0.860. The summed E-state index contributed by atoms with van der Waals surface area (Å²) in [4.78, 5) is 2.26. The fourth-order valence-electron chi connectivity index (χ4n) is 2.05. The van der Waals surface area contributed by atoms with Gasteiger partial charge in [0, 0.05) is 28.9 Å². The predicted molar refractivity (Wildman–Crippen MR) is 65.0 cm³/mol. The molecule has 4 heteroatoms. The normalized spacial score (nSPS) is 21.2. The van der Waals surface area contributed by atoms with Gasteiger partial charge in [-0.25, -0.2) is 0 Å². The van der Waals surface area contributed by atoms with Gasteiger partial charge in [0.1, 0.15) is 0 Å². The van der Waals surface area contributed by atoms with Crippen molar-refractivity contribution in [3.8, 4) is 0 Å². The van der Waals surface area contributed by atoms with Gasteiger partial charge >= 0.3 is 0 Å². The molecule has 1 aromatic rings. The van der Waals surface area contributed by atoms with Crippen LogP contribution in [0.15, 0.2) is 18.2 Å². The van der Waals surface area contributed by atoms with Crippen molar-refractivity contribution in [1.29, 1.82) is 0 Å². The van der Waals surface area contributed by atoms with Crippen molar-refractivity contribution in [3.05, 3.63) is 28.8 Å². The van der Waals surface area contributed by atoms with Gasteiger partial charge < -0.3 is 14.7 Å². The Morgan fingerprint density at radius 3 is 3.06 bits per heavy atom. The Morgan fingerprint density at radius 1 is 1.56 bits per heavy atom. The second-order valence-corrected chi connectivity index (χ2v) is 4.48. The molecule has 1 aliphatic rings. The molecule has 16 heavy (non-hydrogen) atoms. The first-order valence-corrected chi connectivity index (χ1v) is 5.84. The summed E-state index contributed by atoms with van der Waals surface area (Å²) in [6, 6.07) is 5.98. The molecule has 1 saturated heterocycles. The molecule has 1 aromatic carbocycles. The topological polar surface area (TPSA) is 32.7 Å². The summed E-state index contributed by atoms with van der Waals surface area (Å²) in [6.07, 6.45) is 0. The van der Waals surface area contributed by atoms with Crippen molar-refractivity contribution in [1.82, 2.24) is 0 Å². The molecule has 3 nitrogen and oxygen atoms in total. The average Bonchev–Trinajstić information content (AvgIpc) is 2.30. The van der Waals surface area contributed by atoms with E-state index in [9.17, 15) is 5.11 Å². The lowest BCUT2D eigenvalue weighted by Crippen LogP contribution is -2.44. The van der Waals surface area contributed by atoms with Gasteiger partial charge in [-0.2, -0.15) is 0 Å². The first kappa shape index (κ1) is 11.7. The molecule has 88 valence electrons. The van der Waals surface area contributed by atoms with Crippen LogP contribution in [0.4, 0.5) is 5.69 Å². The Bertz CT molecular complexity index is 370. The van der Waals surface area contributed by atoms with E-state index in [0.717, 1.165) is 31.0 Å². The van der Waals surface area contributed by atoms with Gasteiger partial charge in [-0.05, 0) is 25.1 Å². The minimum atomic E-state index is 0.0139. The molecule has 0 bridgehead atoms. The lowest BCUT2D eigenvalue weighted by molar-refractivity contribution is 0.0987. The third-order valence-corrected chi connectivity index (χ3v) is 3.12. The van der Waals surface area contributed by atoms with E-state index in [2.05, 4.69) is 11.8 Å². The molecule has 0 saturated carbocycles. The molecule has 0 aromatic heterocycles. The number of rotatable bonds is 2. The SMILES string of the molecule is CC1COCCN1c1ccc(Cl)cc1CO. The van der Waals surface area contributed by atoms with Gasteiger partial charge in [0.15, 0.2) is 0 Å². The van der Waals surface area contributed by atoms with Crippen molar-refractivity contribution >= 4 is 17.3 Å². The number of nitrogens with zero attached hydrogens (tertiary/aromatic N) is 1. The van der Waals surface area contributed by atoms with E-state index < -0.39 is 0 Å². The molecule has 0 amide bonds. The molecular weight excluding hydrogens is 226 g/mol. The Hall–Kier alpha value is -0.770. The number of hydrogen-bond acceptors (Lipinski definition) is 3. The molecule has 1 unspecified atom stereocenters. The zero-order valence-corrected chi connectivity index (χ0v) is 10.1. The highest BCUT2D eigenvalue weighted by molar-refractivity contribution is 6.30. The van der Waals surface area contributed by atoms with Gasteiger partial charge in [0.05, 0.1) is 19.8 Å². The summed E-state index contributed by atoms with van der Waals surface area (Å²) in [5.41, 5.74) is 1.93. The Labute approximate surface area is 101 Å². The molecule has 0 radical (unpaired) electrons. The van der Waals surface area contributed by atoms with Crippen LogP contribution in [0.3, 0.4) is 0 Å². The lowest BCUT2D eigenvalue weighted by Gasteiger charge is -2.36.